The van der Waals surface area contributed by atoms with Gasteiger partial charge in [-0.3, -0.25) is 14.8 Å². The largest absolute Gasteiger partial charge is 0.383 e. The number of sulfonamides is 1. The fraction of sp³-hybridized carbons (Fsp3) is 0.227. The molecule has 0 saturated heterocycles. The molecule has 3 N–H and O–H groups in total. The number of aromatic nitrogens is 4. The lowest BCUT2D eigenvalue weighted by atomic mass is 10.1. The van der Waals surface area contributed by atoms with Crippen LogP contribution in [0.15, 0.2) is 47.6 Å². The Bertz CT molecular complexity index is 1620. The molecular formula is C22H19ClFN7O4S. The molecule has 1 fully saturated rings. The van der Waals surface area contributed by atoms with E-state index < -0.39 is 31.3 Å². The van der Waals surface area contributed by atoms with Crippen LogP contribution in [0.3, 0.4) is 0 Å². The predicted molar refractivity (Wildman–Crippen MR) is 132 cm³/mol. The first-order valence-electron chi connectivity index (χ1n) is 10.9. The quantitative estimate of drug-likeness (QED) is 0.267. The lowest BCUT2D eigenvalue weighted by molar-refractivity contribution is -0.384. The molecule has 0 bridgehead atoms. The molecule has 1 aliphatic carbocycles. The molecular weight excluding hydrogens is 513 g/mol. The minimum Gasteiger partial charge on any atom is -0.383 e. The Hall–Kier alpha value is -3.84. The zero-order chi connectivity index (χ0) is 25.6. The Kier molecular flexibility index (Phi) is 5.96. The molecule has 0 aliphatic heterocycles. The van der Waals surface area contributed by atoms with Gasteiger partial charge in [-0.15, -0.1) is 0 Å². The lowest BCUT2D eigenvalue weighted by Crippen LogP contribution is -2.14. The van der Waals surface area contributed by atoms with E-state index in [1.54, 1.807) is 4.68 Å². The Morgan fingerprint density at radius 1 is 1.17 bits per heavy atom. The molecule has 2 aromatic carbocycles. The van der Waals surface area contributed by atoms with Gasteiger partial charge < -0.3 is 5.73 Å². The molecule has 5 rings (SSSR count). The summed E-state index contributed by atoms with van der Waals surface area (Å²) in [5, 5.41) is 16.1. The van der Waals surface area contributed by atoms with E-state index in [4.69, 9.17) is 17.3 Å². The van der Waals surface area contributed by atoms with Crippen molar-refractivity contribution < 1.29 is 17.7 Å². The van der Waals surface area contributed by atoms with E-state index in [2.05, 4.69) is 19.8 Å². The van der Waals surface area contributed by atoms with Gasteiger partial charge in [0.25, 0.3) is 15.7 Å². The number of halogens is 2. The van der Waals surface area contributed by atoms with Gasteiger partial charge in [-0.2, -0.15) is 5.10 Å². The normalized spacial score (nSPS) is 14.4. The van der Waals surface area contributed by atoms with Crippen molar-refractivity contribution in [2.75, 3.05) is 10.5 Å². The number of rotatable bonds is 6. The Morgan fingerprint density at radius 2 is 1.92 bits per heavy atom. The molecule has 0 spiro atoms. The molecule has 2 aromatic heterocycles. The molecule has 36 heavy (non-hydrogen) atoms. The summed E-state index contributed by atoms with van der Waals surface area (Å²) in [6.45, 7) is 0. The van der Waals surface area contributed by atoms with Gasteiger partial charge in [0.15, 0.2) is 5.65 Å². The zero-order valence-corrected chi connectivity index (χ0v) is 20.1. The fourth-order valence-corrected chi connectivity index (χ4v) is 5.62. The van der Waals surface area contributed by atoms with E-state index in [0.717, 1.165) is 49.9 Å². The third-order valence-electron chi connectivity index (χ3n) is 6.10. The van der Waals surface area contributed by atoms with Crippen molar-refractivity contribution in [3.8, 4) is 11.3 Å². The number of hydrogen-bond donors (Lipinski definition) is 2. The highest BCUT2D eigenvalue weighted by atomic mass is 35.5. The van der Waals surface area contributed by atoms with Gasteiger partial charge in [0.1, 0.15) is 28.7 Å². The van der Waals surface area contributed by atoms with Crippen LogP contribution >= 0.6 is 11.6 Å². The minimum absolute atomic E-state index is 0.148. The van der Waals surface area contributed by atoms with Crippen molar-refractivity contribution >= 4 is 49.9 Å². The molecule has 0 atom stereocenters. The van der Waals surface area contributed by atoms with Crippen LogP contribution in [0, 0.1) is 15.9 Å². The van der Waals surface area contributed by atoms with E-state index in [-0.39, 0.29) is 22.6 Å². The molecule has 14 heteroatoms. The fourth-order valence-electron chi connectivity index (χ4n) is 4.35. The number of hydrogen-bond acceptors (Lipinski definition) is 8. The highest BCUT2D eigenvalue weighted by Gasteiger charge is 2.26. The van der Waals surface area contributed by atoms with Crippen molar-refractivity contribution in [2.45, 2.75) is 36.6 Å². The summed E-state index contributed by atoms with van der Waals surface area (Å²) >= 11 is 5.76. The molecule has 0 amide bonds. The maximum Gasteiger partial charge on any atom is 0.289 e. The first-order chi connectivity index (χ1) is 17.2. The zero-order valence-electron chi connectivity index (χ0n) is 18.6. The van der Waals surface area contributed by atoms with Crippen molar-refractivity contribution in [1.29, 1.82) is 0 Å². The number of nitrogens with one attached hydrogen (secondary N) is 1. The number of nitro groups is 1. The average molecular weight is 532 g/mol. The predicted octanol–water partition coefficient (Wildman–Crippen LogP) is 4.69. The van der Waals surface area contributed by atoms with Crippen molar-refractivity contribution in [3.63, 3.8) is 0 Å². The number of anilines is 2. The number of nitrogens with zero attached hydrogens (tertiary/aromatic N) is 5. The Morgan fingerprint density at radius 3 is 2.61 bits per heavy atom. The summed E-state index contributed by atoms with van der Waals surface area (Å²) < 4.78 is 44.6. The smallest absolute Gasteiger partial charge is 0.289 e. The monoisotopic (exact) mass is 531 g/mol. The van der Waals surface area contributed by atoms with Gasteiger partial charge >= 0.3 is 0 Å². The first-order valence-corrected chi connectivity index (χ1v) is 12.8. The van der Waals surface area contributed by atoms with E-state index in [9.17, 15) is 18.5 Å². The molecule has 11 nitrogen and oxygen atoms in total. The minimum atomic E-state index is -4.35. The number of benzene rings is 2. The topological polar surface area (TPSA) is 159 Å². The van der Waals surface area contributed by atoms with Crippen LogP contribution in [0.1, 0.15) is 31.7 Å². The number of nitrogen functional groups attached to an aromatic ring is 1. The van der Waals surface area contributed by atoms with E-state index in [1.165, 1.54) is 18.5 Å². The summed E-state index contributed by atoms with van der Waals surface area (Å²) in [5.74, 6) is -0.674. The molecule has 0 radical (unpaired) electrons. The number of nitro benzene ring substituents is 1. The van der Waals surface area contributed by atoms with Gasteiger partial charge in [0.05, 0.1) is 26.9 Å². The number of nitrogens with two attached hydrogens (primary N) is 1. The average Bonchev–Trinajstić information content (AvgIpc) is 3.49. The third kappa shape index (κ3) is 4.20. The Labute approximate surface area is 209 Å². The van der Waals surface area contributed by atoms with E-state index in [1.807, 2.05) is 0 Å². The second-order valence-corrected chi connectivity index (χ2v) is 10.4. The summed E-state index contributed by atoms with van der Waals surface area (Å²) in [5.41, 5.74) is 6.49. The highest BCUT2D eigenvalue weighted by Crippen LogP contribution is 2.37. The van der Waals surface area contributed by atoms with Crippen LogP contribution in [0.4, 0.5) is 21.6 Å². The summed E-state index contributed by atoms with van der Waals surface area (Å²) in [7, 11) is -4.35. The van der Waals surface area contributed by atoms with Crippen LogP contribution in [-0.4, -0.2) is 33.1 Å². The van der Waals surface area contributed by atoms with Crippen molar-refractivity contribution in [2.24, 2.45) is 0 Å². The third-order valence-corrected chi connectivity index (χ3v) is 7.78. The van der Waals surface area contributed by atoms with Gasteiger partial charge in [-0.1, -0.05) is 30.5 Å². The van der Waals surface area contributed by atoms with Crippen molar-refractivity contribution in [1.82, 2.24) is 19.7 Å². The van der Waals surface area contributed by atoms with E-state index in [0.29, 0.717) is 22.3 Å². The molecule has 186 valence electrons. The second kappa shape index (κ2) is 8.99. The summed E-state index contributed by atoms with van der Waals surface area (Å²) in [4.78, 5) is 18.3. The van der Waals surface area contributed by atoms with Gasteiger partial charge in [-0.25, -0.2) is 27.5 Å². The van der Waals surface area contributed by atoms with Crippen molar-refractivity contribution in [3.05, 3.63) is 63.7 Å². The van der Waals surface area contributed by atoms with Gasteiger partial charge in [-0.05, 0) is 37.1 Å². The van der Waals surface area contributed by atoms with Crippen LogP contribution in [0.25, 0.3) is 22.3 Å². The molecule has 0 unspecified atom stereocenters. The Balaban J connectivity index is 1.51. The van der Waals surface area contributed by atoms with Gasteiger partial charge in [0.2, 0.25) is 0 Å². The highest BCUT2D eigenvalue weighted by molar-refractivity contribution is 7.92. The van der Waals surface area contributed by atoms with Crippen LogP contribution in [0.5, 0.6) is 0 Å². The number of fused-ring (bicyclic) bond motifs is 1. The van der Waals surface area contributed by atoms with Crippen LogP contribution < -0.4 is 10.5 Å². The SMILES string of the molecule is Nc1ncnc2c1c(-c1ccc(NS(=O)(=O)c3ccc(Cl)c([N+](=O)[O-])c3)c(F)c1)nn2C1CCCC1. The molecule has 1 aliphatic rings. The van der Waals surface area contributed by atoms with Crippen LogP contribution in [0.2, 0.25) is 5.02 Å². The standard InChI is InChI=1S/C22H19ClFN7O4S/c23-15-7-6-14(10-18(15)31(32)33)36(34,35)29-17-8-5-12(9-16(17)24)20-19-21(25)26-11-27-22(19)30(28-20)13-3-1-2-4-13/h5-11,13,29H,1-4H2,(H2,25,26,27). The second-order valence-electron chi connectivity index (χ2n) is 8.36. The van der Waals surface area contributed by atoms with E-state index >= 15 is 4.39 Å². The molecule has 4 aromatic rings. The summed E-state index contributed by atoms with van der Waals surface area (Å²) in [6, 6.07) is 7.01. The maximum absolute atomic E-state index is 15.1. The molecule has 1 saturated carbocycles. The molecule has 2 heterocycles. The van der Waals surface area contributed by atoms with Gasteiger partial charge in [0, 0.05) is 11.6 Å². The van der Waals surface area contributed by atoms with Crippen LogP contribution in [-0.2, 0) is 10.0 Å². The first kappa shape index (κ1) is 23.9. The lowest BCUT2D eigenvalue weighted by Gasteiger charge is -2.11. The maximum atomic E-state index is 15.1. The summed E-state index contributed by atoms with van der Waals surface area (Å²) in [6.07, 6.45) is 5.38.